The molecule has 3 unspecified atom stereocenters. The summed E-state index contributed by atoms with van der Waals surface area (Å²) in [6, 6.07) is 2.52. The maximum atomic E-state index is 5.90. The lowest BCUT2D eigenvalue weighted by molar-refractivity contribution is -0.193. The van der Waals surface area contributed by atoms with E-state index in [-0.39, 0.29) is 5.41 Å². The monoisotopic (exact) mass is 250 g/mol. The maximum absolute atomic E-state index is 5.90. The molecule has 0 radical (unpaired) electrons. The Labute approximate surface area is 108 Å². The van der Waals surface area contributed by atoms with Gasteiger partial charge in [0, 0.05) is 30.0 Å². The number of aromatic nitrogens is 1. The Kier molecular flexibility index (Phi) is 2.94. The van der Waals surface area contributed by atoms with Crippen molar-refractivity contribution in [3.8, 4) is 0 Å². The molecule has 1 saturated heterocycles. The largest absolute Gasteiger partial charge is 0.377 e. The van der Waals surface area contributed by atoms with E-state index in [2.05, 4.69) is 24.3 Å². The third-order valence-electron chi connectivity index (χ3n) is 4.50. The zero-order valence-electron chi connectivity index (χ0n) is 11.4. The summed E-state index contributed by atoms with van der Waals surface area (Å²) < 4.78 is 11.1. The van der Waals surface area contributed by atoms with Gasteiger partial charge in [0.15, 0.2) is 5.76 Å². The van der Waals surface area contributed by atoms with Crippen LogP contribution in [0.1, 0.15) is 38.1 Å². The van der Waals surface area contributed by atoms with E-state index < -0.39 is 0 Å². The zero-order valence-corrected chi connectivity index (χ0v) is 11.4. The molecule has 0 spiro atoms. The lowest BCUT2D eigenvalue weighted by Gasteiger charge is -2.60. The molecule has 0 aromatic carbocycles. The molecule has 3 atom stereocenters. The third kappa shape index (κ3) is 1.88. The highest BCUT2D eigenvalue weighted by Crippen LogP contribution is 2.51. The van der Waals surface area contributed by atoms with E-state index in [1.165, 1.54) is 12.8 Å². The number of fused-ring (bicyclic) bond motifs is 1. The van der Waals surface area contributed by atoms with E-state index in [9.17, 15) is 0 Å². The van der Waals surface area contributed by atoms with Crippen molar-refractivity contribution in [3.05, 3.63) is 17.5 Å². The van der Waals surface area contributed by atoms with Gasteiger partial charge in [-0.05, 0) is 19.8 Å². The number of hydrogen-bond acceptors (Lipinski definition) is 4. The highest BCUT2D eigenvalue weighted by Gasteiger charge is 2.57. The van der Waals surface area contributed by atoms with Gasteiger partial charge in [0.1, 0.15) is 0 Å². The van der Waals surface area contributed by atoms with Crippen molar-refractivity contribution >= 4 is 0 Å². The molecule has 1 aromatic rings. The van der Waals surface area contributed by atoms with Gasteiger partial charge in [0.25, 0.3) is 0 Å². The average Bonchev–Trinajstić information content (AvgIpc) is 2.75. The standard InChI is InChI=1S/C14H22N2O2/c1-9-7-10(18-16-9)8-15-12-11-5-4-6-17-13(11)14(12,2)3/h7,11-13,15H,4-6,8H2,1-3H3. The minimum atomic E-state index is 0.222. The van der Waals surface area contributed by atoms with E-state index in [0.717, 1.165) is 24.6 Å². The van der Waals surface area contributed by atoms with Crippen LogP contribution in [-0.4, -0.2) is 23.9 Å². The van der Waals surface area contributed by atoms with Crippen molar-refractivity contribution in [1.29, 1.82) is 0 Å². The smallest absolute Gasteiger partial charge is 0.150 e. The normalized spacial score (nSPS) is 33.8. The van der Waals surface area contributed by atoms with Gasteiger partial charge in [-0.3, -0.25) is 0 Å². The fourth-order valence-electron chi connectivity index (χ4n) is 3.65. The Morgan fingerprint density at radius 2 is 2.33 bits per heavy atom. The van der Waals surface area contributed by atoms with Gasteiger partial charge in [-0.25, -0.2) is 0 Å². The first-order valence-electron chi connectivity index (χ1n) is 6.86. The number of rotatable bonds is 3. The molecule has 1 aromatic heterocycles. The zero-order chi connectivity index (χ0) is 12.8. The predicted molar refractivity (Wildman–Crippen MR) is 68.1 cm³/mol. The topological polar surface area (TPSA) is 47.3 Å². The van der Waals surface area contributed by atoms with Gasteiger partial charge < -0.3 is 14.6 Å². The Hall–Kier alpha value is -0.870. The van der Waals surface area contributed by atoms with Crippen LogP contribution in [-0.2, 0) is 11.3 Å². The molecule has 1 N–H and O–H groups in total. The number of aryl methyl sites for hydroxylation is 1. The van der Waals surface area contributed by atoms with Crippen LogP contribution in [0.3, 0.4) is 0 Å². The van der Waals surface area contributed by atoms with Crippen molar-refractivity contribution < 1.29 is 9.26 Å². The Morgan fingerprint density at radius 1 is 1.50 bits per heavy atom. The molecule has 1 saturated carbocycles. The minimum absolute atomic E-state index is 0.222. The number of nitrogens with one attached hydrogen (secondary N) is 1. The van der Waals surface area contributed by atoms with E-state index in [4.69, 9.17) is 9.26 Å². The summed E-state index contributed by atoms with van der Waals surface area (Å²) in [4.78, 5) is 0. The Bertz CT molecular complexity index is 427. The summed E-state index contributed by atoms with van der Waals surface area (Å²) in [5.74, 6) is 1.58. The molecule has 2 heterocycles. The highest BCUT2D eigenvalue weighted by molar-refractivity contribution is 5.11. The van der Waals surface area contributed by atoms with Gasteiger partial charge in [0.05, 0.1) is 18.3 Å². The van der Waals surface area contributed by atoms with E-state index >= 15 is 0 Å². The second kappa shape index (κ2) is 4.35. The fraction of sp³-hybridized carbons (Fsp3) is 0.786. The molecule has 100 valence electrons. The summed E-state index contributed by atoms with van der Waals surface area (Å²) in [5.41, 5.74) is 1.17. The van der Waals surface area contributed by atoms with Crippen molar-refractivity contribution in [2.45, 2.75) is 52.3 Å². The van der Waals surface area contributed by atoms with Crippen LogP contribution in [0.5, 0.6) is 0 Å². The van der Waals surface area contributed by atoms with Gasteiger partial charge >= 0.3 is 0 Å². The van der Waals surface area contributed by atoms with Crippen LogP contribution < -0.4 is 5.32 Å². The Balaban J connectivity index is 1.62. The molecule has 4 heteroatoms. The van der Waals surface area contributed by atoms with E-state index in [1.54, 1.807) is 0 Å². The first-order chi connectivity index (χ1) is 8.59. The molecule has 18 heavy (non-hydrogen) atoms. The third-order valence-corrected chi connectivity index (χ3v) is 4.50. The lowest BCUT2D eigenvalue weighted by Crippen LogP contribution is -2.69. The molecule has 1 aliphatic heterocycles. The maximum Gasteiger partial charge on any atom is 0.150 e. The minimum Gasteiger partial charge on any atom is -0.377 e. The molecule has 1 aliphatic carbocycles. The van der Waals surface area contributed by atoms with Gasteiger partial charge in [-0.1, -0.05) is 19.0 Å². The van der Waals surface area contributed by atoms with Crippen molar-refractivity contribution in [1.82, 2.24) is 10.5 Å². The van der Waals surface area contributed by atoms with Gasteiger partial charge in [0.2, 0.25) is 0 Å². The summed E-state index contributed by atoms with van der Waals surface area (Å²) in [6.45, 7) is 8.23. The summed E-state index contributed by atoms with van der Waals surface area (Å²) in [7, 11) is 0. The first-order valence-corrected chi connectivity index (χ1v) is 6.86. The SMILES string of the molecule is Cc1cc(CNC2C3CCCOC3C2(C)C)on1. The fourth-order valence-corrected chi connectivity index (χ4v) is 3.65. The summed E-state index contributed by atoms with van der Waals surface area (Å²) in [5, 5.41) is 7.54. The molecule has 3 rings (SSSR count). The quantitative estimate of drug-likeness (QED) is 0.894. The van der Waals surface area contributed by atoms with Crippen LogP contribution in [0.2, 0.25) is 0 Å². The Morgan fingerprint density at radius 3 is 3.06 bits per heavy atom. The van der Waals surface area contributed by atoms with E-state index in [0.29, 0.717) is 18.1 Å². The highest BCUT2D eigenvalue weighted by atomic mass is 16.5. The summed E-state index contributed by atoms with van der Waals surface area (Å²) >= 11 is 0. The lowest BCUT2D eigenvalue weighted by atomic mass is 9.55. The van der Waals surface area contributed by atoms with Crippen LogP contribution in [0, 0.1) is 18.3 Å². The predicted octanol–water partition coefficient (Wildman–Crippen LogP) is 2.28. The first kappa shape index (κ1) is 12.2. The van der Waals surface area contributed by atoms with Crippen LogP contribution in [0.25, 0.3) is 0 Å². The molecule has 4 nitrogen and oxygen atoms in total. The molecule has 2 fully saturated rings. The number of ether oxygens (including phenoxy) is 1. The van der Waals surface area contributed by atoms with Crippen LogP contribution >= 0.6 is 0 Å². The van der Waals surface area contributed by atoms with Crippen molar-refractivity contribution in [2.75, 3.05) is 6.61 Å². The average molecular weight is 250 g/mol. The van der Waals surface area contributed by atoms with Crippen molar-refractivity contribution in [3.63, 3.8) is 0 Å². The molecular formula is C14H22N2O2. The molecule has 0 amide bonds. The molecule has 2 aliphatic rings. The van der Waals surface area contributed by atoms with Gasteiger partial charge in [-0.15, -0.1) is 0 Å². The second-order valence-corrected chi connectivity index (χ2v) is 6.21. The second-order valence-electron chi connectivity index (χ2n) is 6.21. The van der Waals surface area contributed by atoms with Crippen LogP contribution in [0.4, 0.5) is 0 Å². The molecule has 0 bridgehead atoms. The summed E-state index contributed by atoms with van der Waals surface area (Å²) in [6.07, 6.45) is 2.90. The molecular weight excluding hydrogens is 228 g/mol. The number of nitrogens with zero attached hydrogens (tertiary/aromatic N) is 1. The van der Waals surface area contributed by atoms with Crippen LogP contribution in [0.15, 0.2) is 10.6 Å². The van der Waals surface area contributed by atoms with E-state index in [1.807, 2.05) is 13.0 Å². The van der Waals surface area contributed by atoms with Crippen molar-refractivity contribution in [2.24, 2.45) is 11.3 Å². The number of hydrogen-bond donors (Lipinski definition) is 1. The van der Waals surface area contributed by atoms with Gasteiger partial charge in [-0.2, -0.15) is 0 Å².